The van der Waals surface area contributed by atoms with Gasteiger partial charge in [0.2, 0.25) is 0 Å². The Morgan fingerprint density at radius 3 is 2.89 bits per heavy atom. The first-order valence-electron chi connectivity index (χ1n) is 6.49. The van der Waals surface area contributed by atoms with Crippen molar-refractivity contribution in [1.82, 2.24) is 5.32 Å². The van der Waals surface area contributed by atoms with Crippen LogP contribution in [-0.4, -0.2) is 19.7 Å². The average molecular weight is 255 g/mol. The lowest BCUT2D eigenvalue weighted by atomic mass is 9.95. The molecule has 0 radical (unpaired) electrons. The Morgan fingerprint density at radius 2 is 2.17 bits per heavy atom. The van der Waals surface area contributed by atoms with E-state index in [-0.39, 0.29) is 6.10 Å². The molecule has 1 aromatic rings. The summed E-state index contributed by atoms with van der Waals surface area (Å²) in [5, 5.41) is 3.35. The maximum absolute atomic E-state index is 13.2. The molecule has 18 heavy (non-hydrogen) atoms. The second-order valence-corrected chi connectivity index (χ2v) is 4.72. The molecule has 1 saturated heterocycles. The first-order chi connectivity index (χ1) is 8.72. The van der Waals surface area contributed by atoms with Gasteiger partial charge in [0.15, 0.2) is 11.6 Å². The molecule has 2 rings (SSSR count). The molecule has 2 nitrogen and oxygen atoms in total. The lowest BCUT2D eigenvalue weighted by Gasteiger charge is -2.19. The quantitative estimate of drug-likeness (QED) is 0.816. The third kappa shape index (κ3) is 3.06. The fraction of sp³-hybridized carbons (Fsp3) is 0.571. The summed E-state index contributed by atoms with van der Waals surface area (Å²) in [5.41, 5.74) is 0.731. The molecule has 100 valence electrons. The Hall–Kier alpha value is -1.00. The molecular formula is C14H19F2NO. The predicted molar refractivity (Wildman–Crippen MR) is 66.3 cm³/mol. The summed E-state index contributed by atoms with van der Waals surface area (Å²) in [5.74, 6) is -1.28. The molecule has 0 spiro atoms. The molecule has 0 aliphatic carbocycles. The summed E-state index contributed by atoms with van der Waals surface area (Å²) in [6.07, 6.45) is 1.92. The van der Waals surface area contributed by atoms with Crippen LogP contribution in [0.3, 0.4) is 0 Å². The monoisotopic (exact) mass is 255 g/mol. The summed E-state index contributed by atoms with van der Waals surface area (Å²) in [7, 11) is 0. The van der Waals surface area contributed by atoms with Crippen molar-refractivity contribution >= 4 is 0 Å². The van der Waals surface area contributed by atoms with Crippen molar-refractivity contribution in [3.63, 3.8) is 0 Å². The Labute approximate surface area is 106 Å². The smallest absolute Gasteiger partial charge is 0.159 e. The van der Waals surface area contributed by atoms with Crippen molar-refractivity contribution < 1.29 is 13.5 Å². The van der Waals surface area contributed by atoms with Gasteiger partial charge in [-0.3, -0.25) is 0 Å². The van der Waals surface area contributed by atoms with Crippen LogP contribution in [0.25, 0.3) is 0 Å². The first kappa shape index (κ1) is 13.4. The maximum atomic E-state index is 13.2. The molecule has 1 fully saturated rings. The third-order valence-corrected chi connectivity index (χ3v) is 3.32. The normalized spacial score (nSPS) is 23.5. The van der Waals surface area contributed by atoms with E-state index in [1.165, 1.54) is 12.1 Å². The topological polar surface area (TPSA) is 21.3 Å². The van der Waals surface area contributed by atoms with Crippen LogP contribution in [0.2, 0.25) is 0 Å². The number of rotatable bonds is 5. The standard InChI is InChI=1S/C14H19F2NO/c1-2-6-17-9-11-5-7-18-14(11)10-3-4-12(15)13(16)8-10/h3-4,8,11,14,17H,2,5-7,9H2,1H3. The molecule has 1 heterocycles. The van der Waals surface area contributed by atoms with Gasteiger partial charge in [0, 0.05) is 19.1 Å². The second kappa shape index (κ2) is 6.25. The highest BCUT2D eigenvalue weighted by Gasteiger charge is 2.29. The largest absolute Gasteiger partial charge is 0.373 e. The van der Waals surface area contributed by atoms with Gasteiger partial charge in [-0.2, -0.15) is 0 Å². The second-order valence-electron chi connectivity index (χ2n) is 4.72. The Morgan fingerprint density at radius 1 is 1.33 bits per heavy atom. The van der Waals surface area contributed by atoms with Crippen LogP contribution in [0.1, 0.15) is 31.4 Å². The van der Waals surface area contributed by atoms with Gasteiger partial charge >= 0.3 is 0 Å². The zero-order chi connectivity index (χ0) is 13.0. The van der Waals surface area contributed by atoms with Gasteiger partial charge in [-0.25, -0.2) is 8.78 Å². The zero-order valence-electron chi connectivity index (χ0n) is 10.6. The van der Waals surface area contributed by atoms with Crippen molar-refractivity contribution in [1.29, 1.82) is 0 Å². The van der Waals surface area contributed by atoms with Crippen LogP contribution in [0.5, 0.6) is 0 Å². The number of benzene rings is 1. The van der Waals surface area contributed by atoms with Gasteiger partial charge in [0.1, 0.15) is 0 Å². The number of hydrogen-bond acceptors (Lipinski definition) is 2. The highest BCUT2D eigenvalue weighted by atomic mass is 19.2. The summed E-state index contributed by atoms with van der Waals surface area (Å²) >= 11 is 0. The minimum atomic E-state index is -0.808. The minimum absolute atomic E-state index is 0.121. The average Bonchev–Trinajstić information content (AvgIpc) is 2.81. The van der Waals surface area contributed by atoms with E-state index in [4.69, 9.17) is 4.74 Å². The summed E-state index contributed by atoms with van der Waals surface area (Å²) in [6, 6.07) is 4.03. The van der Waals surface area contributed by atoms with Crippen LogP contribution < -0.4 is 5.32 Å². The van der Waals surface area contributed by atoms with Crippen LogP contribution in [0, 0.1) is 17.6 Å². The molecule has 1 N–H and O–H groups in total. The van der Waals surface area contributed by atoms with Crippen molar-refractivity contribution in [2.45, 2.75) is 25.9 Å². The molecule has 2 unspecified atom stereocenters. The number of hydrogen-bond donors (Lipinski definition) is 1. The van der Waals surface area contributed by atoms with Gasteiger partial charge in [-0.05, 0) is 37.1 Å². The van der Waals surface area contributed by atoms with E-state index in [9.17, 15) is 8.78 Å². The third-order valence-electron chi connectivity index (χ3n) is 3.32. The number of ether oxygens (including phenoxy) is 1. The molecule has 2 atom stereocenters. The molecule has 0 bridgehead atoms. The van der Waals surface area contributed by atoms with Gasteiger partial charge in [-0.1, -0.05) is 13.0 Å². The van der Waals surface area contributed by atoms with Crippen molar-refractivity contribution in [2.75, 3.05) is 19.7 Å². The van der Waals surface area contributed by atoms with Gasteiger partial charge in [0.05, 0.1) is 6.10 Å². The van der Waals surface area contributed by atoms with Gasteiger partial charge in [-0.15, -0.1) is 0 Å². The fourth-order valence-electron chi connectivity index (χ4n) is 2.36. The molecule has 1 aliphatic rings. The summed E-state index contributed by atoms with van der Waals surface area (Å²) < 4.78 is 31.8. The predicted octanol–water partition coefficient (Wildman–Crippen LogP) is 3.04. The first-order valence-corrected chi connectivity index (χ1v) is 6.49. The Kier molecular flexibility index (Phi) is 4.66. The summed E-state index contributed by atoms with van der Waals surface area (Å²) in [6.45, 7) is 4.63. The van der Waals surface area contributed by atoms with E-state index < -0.39 is 11.6 Å². The van der Waals surface area contributed by atoms with Gasteiger partial charge < -0.3 is 10.1 Å². The Balaban J connectivity index is 2.03. The summed E-state index contributed by atoms with van der Waals surface area (Å²) in [4.78, 5) is 0. The molecule has 0 amide bonds. The zero-order valence-corrected chi connectivity index (χ0v) is 10.6. The minimum Gasteiger partial charge on any atom is -0.373 e. The Bertz CT molecular complexity index is 397. The van der Waals surface area contributed by atoms with Crippen LogP contribution in [-0.2, 0) is 4.74 Å². The molecule has 4 heteroatoms. The number of nitrogens with one attached hydrogen (secondary N) is 1. The highest BCUT2D eigenvalue weighted by Crippen LogP contribution is 2.34. The van der Waals surface area contributed by atoms with E-state index in [1.54, 1.807) is 6.07 Å². The van der Waals surface area contributed by atoms with E-state index in [0.717, 1.165) is 31.5 Å². The lowest BCUT2D eigenvalue weighted by molar-refractivity contribution is 0.0902. The van der Waals surface area contributed by atoms with Crippen LogP contribution in [0.15, 0.2) is 18.2 Å². The van der Waals surface area contributed by atoms with E-state index in [1.807, 2.05) is 0 Å². The highest BCUT2D eigenvalue weighted by molar-refractivity contribution is 5.21. The fourth-order valence-corrected chi connectivity index (χ4v) is 2.36. The van der Waals surface area contributed by atoms with Crippen molar-refractivity contribution in [2.24, 2.45) is 5.92 Å². The molecule has 1 aliphatic heterocycles. The van der Waals surface area contributed by atoms with E-state index >= 15 is 0 Å². The number of halogens is 2. The molecule has 1 aromatic carbocycles. The van der Waals surface area contributed by atoms with Crippen LogP contribution in [0.4, 0.5) is 8.78 Å². The molecular weight excluding hydrogens is 236 g/mol. The molecule has 0 aromatic heterocycles. The van der Waals surface area contributed by atoms with E-state index in [2.05, 4.69) is 12.2 Å². The van der Waals surface area contributed by atoms with E-state index in [0.29, 0.717) is 12.5 Å². The van der Waals surface area contributed by atoms with Gasteiger partial charge in [0.25, 0.3) is 0 Å². The van der Waals surface area contributed by atoms with Crippen molar-refractivity contribution in [3.05, 3.63) is 35.4 Å². The molecule has 0 saturated carbocycles. The van der Waals surface area contributed by atoms with Crippen molar-refractivity contribution in [3.8, 4) is 0 Å². The maximum Gasteiger partial charge on any atom is 0.159 e. The van der Waals surface area contributed by atoms with Crippen LogP contribution >= 0.6 is 0 Å². The lowest BCUT2D eigenvalue weighted by Crippen LogP contribution is -2.25. The SMILES string of the molecule is CCCNCC1CCOC1c1ccc(F)c(F)c1.